The van der Waals surface area contributed by atoms with Gasteiger partial charge in [0, 0.05) is 25.4 Å². The molecule has 0 bridgehead atoms. The van der Waals surface area contributed by atoms with Gasteiger partial charge in [-0.15, -0.1) is 0 Å². The van der Waals surface area contributed by atoms with Crippen molar-refractivity contribution in [2.24, 2.45) is 5.92 Å². The van der Waals surface area contributed by atoms with Crippen molar-refractivity contribution in [2.75, 3.05) is 18.5 Å². The van der Waals surface area contributed by atoms with Gasteiger partial charge in [-0.05, 0) is 42.5 Å². The normalized spacial score (nSPS) is 16.1. The first-order valence-corrected chi connectivity index (χ1v) is 6.87. The Morgan fingerprint density at radius 2 is 1.95 bits per heavy atom. The van der Waals surface area contributed by atoms with Crippen LogP contribution in [-0.2, 0) is 4.79 Å². The van der Waals surface area contributed by atoms with Gasteiger partial charge in [-0.25, -0.2) is 4.79 Å². The Labute approximate surface area is 114 Å². The number of nitrogens with zero attached hydrogens (tertiary/aromatic N) is 1. The monoisotopic (exact) mass is 259 g/mol. The van der Waals surface area contributed by atoms with Crippen LogP contribution in [0.5, 0.6) is 0 Å². The van der Waals surface area contributed by atoms with E-state index in [1.165, 1.54) is 31.4 Å². The highest BCUT2D eigenvalue weighted by molar-refractivity contribution is 5.85. The fourth-order valence-electron chi connectivity index (χ4n) is 2.69. The third-order valence-corrected chi connectivity index (χ3v) is 3.76. The summed E-state index contributed by atoms with van der Waals surface area (Å²) in [6.45, 7) is 1.12. The van der Waals surface area contributed by atoms with Gasteiger partial charge in [0.1, 0.15) is 0 Å². The lowest BCUT2D eigenvalue weighted by Gasteiger charge is -2.23. The summed E-state index contributed by atoms with van der Waals surface area (Å²) in [6.07, 6.45) is 8.22. The predicted octanol–water partition coefficient (Wildman–Crippen LogP) is 3.41. The van der Waals surface area contributed by atoms with Gasteiger partial charge in [0.15, 0.2) is 0 Å². The topological polar surface area (TPSA) is 40.5 Å². The van der Waals surface area contributed by atoms with Crippen molar-refractivity contribution in [3.63, 3.8) is 0 Å². The molecule has 0 radical (unpaired) electrons. The maximum absolute atomic E-state index is 10.4. The van der Waals surface area contributed by atoms with Crippen molar-refractivity contribution in [1.82, 2.24) is 0 Å². The van der Waals surface area contributed by atoms with Crippen LogP contribution in [-0.4, -0.2) is 24.7 Å². The molecule has 102 valence electrons. The van der Waals surface area contributed by atoms with E-state index in [0.29, 0.717) is 0 Å². The van der Waals surface area contributed by atoms with Gasteiger partial charge in [-0.1, -0.05) is 25.0 Å². The molecule has 3 nitrogen and oxygen atoms in total. The van der Waals surface area contributed by atoms with E-state index in [4.69, 9.17) is 5.11 Å². The molecule has 0 spiro atoms. The average molecular weight is 259 g/mol. The highest BCUT2D eigenvalue weighted by atomic mass is 16.4. The minimum atomic E-state index is -0.914. The lowest BCUT2D eigenvalue weighted by molar-refractivity contribution is -0.131. The van der Waals surface area contributed by atoms with E-state index in [9.17, 15) is 4.79 Å². The van der Waals surface area contributed by atoms with E-state index in [-0.39, 0.29) is 0 Å². The van der Waals surface area contributed by atoms with E-state index in [1.807, 2.05) is 12.1 Å². The number of aliphatic carboxylic acids is 1. The lowest BCUT2D eigenvalue weighted by atomic mass is 10.1. The number of carboxylic acids is 1. The maximum Gasteiger partial charge on any atom is 0.328 e. The summed E-state index contributed by atoms with van der Waals surface area (Å²) in [5.41, 5.74) is 2.11. The molecule has 1 aromatic rings. The number of hydrogen-bond acceptors (Lipinski definition) is 2. The Hall–Kier alpha value is -1.77. The molecule has 1 saturated carbocycles. The number of carboxylic acid groups (broad SMARTS) is 1. The van der Waals surface area contributed by atoms with Gasteiger partial charge in [-0.2, -0.15) is 0 Å². The Morgan fingerprint density at radius 1 is 1.32 bits per heavy atom. The van der Waals surface area contributed by atoms with Crippen molar-refractivity contribution in [3.05, 3.63) is 35.9 Å². The first-order valence-electron chi connectivity index (χ1n) is 6.87. The molecule has 0 unspecified atom stereocenters. The third-order valence-electron chi connectivity index (χ3n) is 3.76. The maximum atomic E-state index is 10.4. The molecule has 0 aromatic heterocycles. The van der Waals surface area contributed by atoms with Crippen LogP contribution >= 0.6 is 0 Å². The van der Waals surface area contributed by atoms with Gasteiger partial charge in [-0.3, -0.25) is 0 Å². The number of rotatable bonds is 5. The quantitative estimate of drug-likeness (QED) is 0.824. The van der Waals surface area contributed by atoms with Crippen LogP contribution in [0.4, 0.5) is 5.69 Å². The highest BCUT2D eigenvalue weighted by Crippen LogP contribution is 2.26. The highest BCUT2D eigenvalue weighted by Gasteiger charge is 2.16. The molecule has 0 aliphatic heterocycles. The largest absolute Gasteiger partial charge is 0.478 e. The summed E-state index contributed by atoms with van der Waals surface area (Å²) in [5, 5.41) is 8.58. The minimum absolute atomic E-state index is 0.830. The fourth-order valence-corrected chi connectivity index (χ4v) is 2.69. The van der Waals surface area contributed by atoms with Crippen LogP contribution in [0.2, 0.25) is 0 Å². The Kier molecular flexibility index (Phi) is 4.61. The molecule has 1 aromatic carbocycles. The van der Waals surface area contributed by atoms with Crippen molar-refractivity contribution in [2.45, 2.75) is 25.7 Å². The SMILES string of the molecule is CN(CC1CCCC1)c1ccc(C=CC(=O)O)cc1. The lowest BCUT2D eigenvalue weighted by Crippen LogP contribution is -2.23. The number of hydrogen-bond donors (Lipinski definition) is 1. The zero-order chi connectivity index (χ0) is 13.7. The van der Waals surface area contributed by atoms with E-state index in [0.717, 1.165) is 24.1 Å². The molecule has 1 fully saturated rings. The summed E-state index contributed by atoms with van der Waals surface area (Å²) in [5.74, 6) is -0.0842. The first-order chi connectivity index (χ1) is 9.15. The number of benzene rings is 1. The summed E-state index contributed by atoms with van der Waals surface area (Å²) < 4.78 is 0. The van der Waals surface area contributed by atoms with Crippen molar-refractivity contribution in [1.29, 1.82) is 0 Å². The van der Waals surface area contributed by atoms with Crippen LogP contribution in [0.25, 0.3) is 6.08 Å². The van der Waals surface area contributed by atoms with Crippen LogP contribution in [0, 0.1) is 5.92 Å². The molecule has 0 amide bonds. The van der Waals surface area contributed by atoms with Crippen LogP contribution in [0.15, 0.2) is 30.3 Å². The van der Waals surface area contributed by atoms with E-state index >= 15 is 0 Å². The third kappa shape index (κ3) is 4.12. The first kappa shape index (κ1) is 13.7. The van der Waals surface area contributed by atoms with Crippen LogP contribution in [0.3, 0.4) is 0 Å². The predicted molar refractivity (Wildman–Crippen MR) is 78.3 cm³/mol. The van der Waals surface area contributed by atoms with Gasteiger partial charge in [0.25, 0.3) is 0 Å². The molecule has 3 heteroatoms. The summed E-state index contributed by atoms with van der Waals surface area (Å²) >= 11 is 0. The van der Waals surface area contributed by atoms with Crippen molar-refractivity contribution < 1.29 is 9.90 Å². The fraction of sp³-hybridized carbons (Fsp3) is 0.438. The van der Waals surface area contributed by atoms with Gasteiger partial charge in [0.2, 0.25) is 0 Å². The molecular formula is C16H21NO2. The summed E-state index contributed by atoms with van der Waals surface area (Å²) in [4.78, 5) is 12.7. The second kappa shape index (κ2) is 6.41. The zero-order valence-corrected chi connectivity index (χ0v) is 11.4. The van der Waals surface area contributed by atoms with Gasteiger partial charge < -0.3 is 10.0 Å². The Morgan fingerprint density at radius 3 is 2.53 bits per heavy atom. The van der Waals surface area contributed by atoms with E-state index < -0.39 is 5.97 Å². The van der Waals surface area contributed by atoms with Crippen molar-refractivity contribution in [3.8, 4) is 0 Å². The summed E-state index contributed by atoms with van der Waals surface area (Å²) in [6, 6.07) is 8.02. The van der Waals surface area contributed by atoms with Crippen LogP contribution in [0.1, 0.15) is 31.2 Å². The second-order valence-corrected chi connectivity index (χ2v) is 5.29. The van der Waals surface area contributed by atoms with E-state index in [1.54, 1.807) is 6.08 Å². The smallest absolute Gasteiger partial charge is 0.328 e. The number of anilines is 1. The van der Waals surface area contributed by atoms with E-state index in [2.05, 4.69) is 24.1 Å². The molecule has 0 saturated heterocycles. The molecule has 0 atom stereocenters. The molecule has 1 N–H and O–H groups in total. The number of carbonyl (C=O) groups is 1. The molecule has 19 heavy (non-hydrogen) atoms. The molecule has 0 heterocycles. The Bertz CT molecular complexity index is 444. The molecular weight excluding hydrogens is 238 g/mol. The van der Waals surface area contributed by atoms with Crippen LogP contribution < -0.4 is 4.90 Å². The van der Waals surface area contributed by atoms with Crippen molar-refractivity contribution >= 4 is 17.7 Å². The summed E-state index contributed by atoms with van der Waals surface area (Å²) in [7, 11) is 2.13. The minimum Gasteiger partial charge on any atom is -0.478 e. The molecule has 2 rings (SSSR count). The van der Waals surface area contributed by atoms with Gasteiger partial charge in [0.05, 0.1) is 0 Å². The molecule has 1 aliphatic carbocycles. The van der Waals surface area contributed by atoms with Gasteiger partial charge >= 0.3 is 5.97 Å². The average Bonchev–Trinajstić information content (AvgIpc) is 2.89. The molecule has 1 aliphatic rings. The second-order valence-electron chi connectivity index (χ2n) is 5.29. The Balaban J connectivity index is 1.95. The zero-order valence-electron chi connectivity index (χ0n) is 11.4. The standard InChI is InChI=1S/C16H21NO2/c1-17(12-14-4-2-3-5-14)15-9-6-13(7-10-15)8-11-16(18)19/h6-11,14H,2-5,12H2,1H3,(H,18,19).